The number of hydrogen-bond acceptors (Lipinski definition) is 6. The third-order valence-electron chi connectivity index (χ3n) is 7.53. The number of carbonyl (C=O) groups excluding carboxylic acids is 3. The van der Waals surface area contributed by atoms with Crippen LogP contribution < -0.4 is 21.7 Å². The summed E-state index contributed by atoms with van der Waals surface area (Å²) in [5.41, 5.74) is 5.38. The summed E-state index contributed by atoms with van der Waals surface area (Å²) in [4.78, 5) is 39.6. The molecule has 0 spiro atoms. The molecule has 1 aromatic heterocycles. The molecule has 1 rings (SSSR count). The van der Waals surface area contributed by atoms with Crippen molar-refractivity contribution in [3.8, 4) is 0 Å². The quantitative estimate of drug-likeness (QED) is 0.137. The van der Waals surface area contributed by atoms with Crippen LogP contribution in [0.3, 0.4) is 0 Å². The summed E-state index contributed by atoms with van der Waals surface area (Å²) in [5.74, 6) is 1.85. The number of nitrogens with one attached hydrogen (secondary N) is 3. The van der Waals surface area contributed by atoms with Crippen molar-refractivity contribution in [1.82, 2.24) is 20.9 Å². The van der Waals surface area contributed by atoms with Crippen LogP contribution in [0, 0.1) is 35.5 Å². The van der Waals surface area contributed by atoms with E-state index in [0.717, 1.165) is 44.2 Å². The Kier molecular flexibility index (Phi) is 25.4. The lowest BCUT2D eigenvalue weighted by Crippen LogP contribution is -2.42. The zero-order valence-electron chi connectivity index (χ0n) is 30.5. The van der Waals surface area contributed by atoms with Crippen LogP contribution in [0.2, 0.25) is 0 Å². The Labute approximate surface area is 275 Å². The number of aliphatic hydroxyl groups is 1. The van der Waals surface area contributed by atoms with Gasteiger partial charge in [0.15, 0.2) is 0 Å². The van der Waals surface area contributed by atoms with Crippen molar-refractivity contribution < 1.29 is 19.5 Å². The van der Waals surface area contributed by atoms with Gasteiger partial charge in [0.25, 0.3) is 0 Å². The number of rotatable bonds is 18. The second-order valence-corrected chi connectivity index (χ2v) is 13.6. The van der Waals surface area contributed by atoms with Crippen LogP contribution in [-0.2, 0) is 20.9 Å². The van der Waals surface area contributed by atoms with Crippen LogP contribution in [0.4, 0.5) is 0 Å². The van der Waals surface area contributed by atoms with Crippen molar-refractivity contribution >= 4 is 17.7 Å². The van der Waals surface area contributed by atoms with Gasteiger partial charge in [-0.2, -0.15) is 0 Å². The van der Waals surface area contributed by atoms with E-state index < -0.39 is 5.60 Å². The Morgan fingerprint density at radius 2 is 1.18 bits per heavy atom. The topological polar surface area (TPSA) is 146 Å². The smallest absolute Gasteiger partial charge is 0.223 e. The Morgan fingerprint density at radius 3 is 1.51 bits per heavy atom. The number of nitrogens with zero attached hydrogens (tertiary/aromatic N) is 1. The van der Waals surface area contributed by atoms with Gasteiger partial charge in [-0.1, -0.05) is 87.6 Å². The molecule has 45 heavy (non-hydrogen) atoms. The maximum Gasteiger partial charge on any atom is 0.223 e. The molecule has 0 aliphatic carbocycles. The summed E-state index contributed by atoms with van der Waals surface area (Å²) >= 11 is 0. The predicted octanol–water partition coefficient (Wildman–Crippen LogP) is 5.85. The highest BCUT2D eigenvalue weighted by molar-refractivity contribution is 5.79. The normalized spacial score (nSPS) is 13.2. The van der Waals surface area contributed by atoms with Gasteiger partial charge < -0.3 is 26.8 Å². The fourth-order valence-corrected chi connectivity index (χ4v) is 4.81. The van der Waals surface area contributed by atoms with Gasteiger partial charge in [0, 0.05) is 43.6 Å². The van der Waals surface area contributed by atoms with E-state index in [1.165, 1.54) is 0 Å². The van der Waals surface area contributed by atoms with E-state index in [0.29, 0.717) is 43.9 Å². The van der Waals surface area contributed by atoms with Crippen molar-refractivity contribution in [2.45, 2.75) is 127 Å². The van der Waals surface area contributed by atoms with Gasteiger partial charge in [-0.3, -0.25) is 19.4 Å². The van der Waals surface area contributed by atoms with Gasteiger partial charge >= 0.3 is 0 Å². The largest absolute Gasteiger partial charge is 0.389 e. The van der Waals surface area contributed by atoms with E-state index in [1.54, 1.807) is 20.0 Å². The van der Waals surface area contributed by atoms with Crippen molar-refractivity contribution in [3.05, 3.63) is 30.1 Å². The maximum absolute atomic E-state index is 12.0. The number of aromatic nitrogens is 1. The average molecular weight is 636 g/mol. The van der Waals surface area contributed by atoms with Gasteiger partial charge in [0.1, 0.15) is 0 Å². The third kappa shape index (κ3) is 22.6. The molecule has 1 aromatic rings. The van der Waals surface area contributed by atoms with Crippen LogP contribution >= 0.6 is 0 Å². The van der Waals surface area contributed by atoms with Gasteiger partial charge in [0.05, 0.1) is 17.8 Å². The molecule has 3 atom stereocenters. The second kappa shape index (κ2) is 25.6. The molecule has 0 saturated carbocycles. The number of amides is 3. The highest BCUT2D eigenvalue weighted by Crippen LogP contribution is 2.19. The van der Waals surface area contributed by atoms with Crippen molar-refractivity contribution in [2.75, 3.05) is 19.6 Å². The minimum absolute atomic E-state index is 0.0639. The van der Waals surface area contributed by atoms with Crippen molar-refractivity contribution in [3.63, 3.8) is 0 Å². The lowest BCUT2D eigenvalue weighted by atomic mass is 9.90. The third-order valence-corrected chi connectivity index (χ3v) is 7.53. The first kappa shape index (κ1) is 44.6. The molecule has 0 aromatic carbocycles. The first-order valence-corrected chi connectivity index (χ1v) is 17.2. The predicted molar refractivity (Wildman–Crippen MR) is 187 cm³/mol. The zero-order chi connectivity index (χ0) is 35.0. The highest BCUT2D eigenvalue weighted by atomic mass is 16.3. The first-order valence-electron chi connectivity index (χ1n) is 17.2. The molecular formula is C36H69N5O4. The Bertz CT molecular complexity index is 900. The van der Waals surface area contributed by atoms with Crippen molar-refractivity contribution in [1.29, 1.82) is 0 Å². The monoisotopic (exact) mass is 636 g/mol. The molecule has 0 aliphatic rings. The van der Waals surface area contributed by atoms with Crippen LogP contribution in [0.25, 0.3) is 0 Å². The van der Waals surface area contributed by atoms with E-state index in [4.69, 9.17) is 5.73 Å². The first-order chi connectivity index (χ1) is 21.1. The Balaban J connectivity index is 0. The number of pyridine rings is 1. The van der Waals surface area contributed by atoms with Gasteiger partial charge in [0.2, 0.25) is 17.7 Å². The molecule has 1 heterocycles. The molecule has 0 radical (unpaired) electrons. The van der Waals surface area contributed by atoms with Crippen LogP contribution in [0.15, 0.2) is 24.4 Å². The molecule has 9 nitrogen and oxygen atoms in total. The number of carbonyl (C=O) groups is 3. The standard InChI is InChI=1S/C14H22N2O.C12H25NO2.C10H22N2O/c1-4-7-13(11(2)3)14(17)16-10-12-8-5-6-9-15-12;1-6-7-10(9(2)3)11(14)13-8-12(4,5)15;1-4-5-9(8(2)3)10(13)12-7-6-11/h5-6,8-9,11,13H,4,7,10H2,1-3H3,(H,16,17);9-10,15H,6-8H2,1-5H3,(H,13,14);8-9H,4-7,11H2,1-3H3,(H,12,13)/t13-;10-;9-/m111/s1. The van der Waals surface area contributed by atoms with E-state index in [9.17, 15) is 19.5 Å². The van der Waals surface area contributed by atoms with E-state index in [1.807, 2.05) is 18.2 Å². The van der Waals surface area contributed by atoms with Gasteiger partial charge in [-0.25, -0.2) is 0 Å². The molecule has 3 amide bonds. The van der Waals surface area contributed by atoms with Crippen LogP contribution in [0.1, 0.15) is 120 Å². The molecule has 0 saturated heterocycles. The molecule has 0 bridgehead atoms. The Morgan fingerprint density at radius 1 is 0.756 bits per heavy atom. The molecule has 9 heteroatoms. The molecule has 6 N–H and O–H groups in total. The Hall–Kier alpha value is -2.52. The highest BCUT2D eigenvalue weighted by Gasteiger charge is 2.23. The SMILES string of the molecule is CCC[C@@H](C(=O)NCC(C)(C)O)C(C)C.CCC[C@@H](C(=O)NCCN)C(C)C.CCC[C@@H](C(=O)NCc1ccccn1)C(C)C. The second-order valence-electron chi connectivity index (χ2n) is 13.6. The summed E-state index contributed by atoms with van der Waals surface area (Å²) < 4.78 is 0. The molecule has 0 fully saturated rings. The van der Waals surface area contributed by atoms with Crippen LogP contribution in [0.5, 0.6) is 0 Å². The van der Waals surface area contributed by atoms with E-state index in [-0.39, 0.29) is 35.5 Å². The van der Waals surface area contributed by atoms with Gasteiger partial charge in [-0.05, 0) is 63.0 Å². The summed E-state index contributed by atoms with van der Waals surface area (Å²) in [5, 5.41) is 18.1. The fourth-order valence-electron chi connectivity index (χ4n) is 4.81. The molecule has 0 unspecified atom stereocenters. The number of hydrogen-bond donors (Lipinski definition) is 5. The molecule has 0 aliphatic heterocycles. The lowest BCUT2D eigenvalue weighted by Gasteiger charge is -2.23. The maximum atomic E-state index is 12.0. The van der Waals surface area contributed by atoms with E-state index >= 15 is 0 Å². The van der Waals surface area contributed by atoms with Gasteiger partial charge in [-0.15, -0.1) is 0 Å². The molecule has 262 valence electrons. The molecular weight excluding hydrogens is 566 g/mol. The summed E-state index contributed by atoms with van der Waals surface area (Å²) in [6.45, 7) is 24.1. The van der Waals surface area contributed by atoms with E-state index in [2.05, 4.69) is 83.2 Å². The fraction of sp³-hybridized carbons (Fsp3) is 0.778. The number of nitrogens with two attached hydrogens (primary N) is 1. The summed E-state index contributed by atoms with van der Waals surface area (Å²) in [6, 6.07) is 5.73. The average Bonchev–Trinajstić information content (AvgIpc) is 2.98. The van der Waals surface area contributed by atoms with Crippen molar-refractivity contribution in [2.24, 2.45) is 41.2 Å². The lowest BCUT2D eigenvalue weighted by molar-refractivity contribution is -0.128. The summed E-state index contributed by atoms with van der Waals surface area (Å²) in [6.07, 6.45) is 7.68. The summed E-state index contributed by atoms with van der Waals surface area (Å²) in [7, 11) is 0. The van der Waals surface area contributed by atoms with Crippen LogP contribution in [-0.4, -0.2) is 53.0 Å². The zero-order valence-corrected chi connectivity index (χ0v) is 30.5. The minimum atomic E-state index is -0.830. The minimum Gasteiger partial charge on any atom is -0.389 e.